The van der Waals surface area contributed by atoms with E-state index < -0.39 is 0 Å². The van der Waals surface area contributed by atoms with Crippen molar-refractivity contribution in [2.75, 3.05) is 5.32 Å². The van der Waals surface area contributed by atoms with Crippen LogP contribution >= 0.6 is 11.6 Å². The van der Waals surface area contributed by atoms with Crippen LogP contribution in [0.5, 0.6) is 5.75 Å². The lowest BCUT2D eigenvalue weighted by Crippen LogP contribution is -2.12. The van der Waals surface area contributed by atoms with Crippen molar-refractivity contribution in [1.29, 1.82) is 0 Å². The van der Waals surface area contributed by atoms with Gasteiger partial charge in [-0.3, -0.25) is 9.89 Å². The van der Waals surface area contributed by atoms with Crippen molar-refractivity contribution >= 4 is 34.2 Å². The first-order chi connectivity index (χ1) is 9.63. The van der Waals surface area contributed by atoms with Gasteiger partial charge in [0.15, 0.2) is 5.82 Å². The molecule has 0 saturated heterocycles. The predicted molar refractivity (Wildman–Crippen MR) is 77.2 cm³/mol. The zero-order valence-electron chi connectivity index (χ0n) is 10.2. The monoisotopic (exact) mass is 287 g/mol. The Morgan fingerprint density at radius 1 is 1.25 bits per heavy atom. The van der Waals surface area contributed by atoms with Gasteiger partial charge in [-0.2, -0.15) is 5.10 Å². The molecule has 3 rings (SSSR count). The second-order valence-corrected chi connectivity index (χ2v) is 4.70. The Labute approximate surface area is 119 Å². The molecule has 5 nitrogen and oxygen atoms in total. The van der Waals surface area contributed by atoms with Crippen LogP contribution < -0.4 is 5.32 Å². The van der Waals surface area contributed by atoms with Gasteiger partial charge in [0.1, 0.15) is 5.75 Å². The molecule has 0 aliphatic rings. The zero-order valence-corrected chi connectivity index (χ0v) is 11.0. The predicted octanol–water partition coefficient (Wildman–Crippen LogP) is 3.17. The summed E-state index contributed by atoms with van der Waals surface area (Å²) in [4.78, 5) is 12.1. The lowest BCUT2D eigenvalue weighted by molar-refractivity contribution is 0.102. The number of H-pyrrole nitrogens is 1. The Kier molecular flexibility index (Phi) is 3.04. The fraction of sp³-hybridized carbons (Fsp3) is 0. The topological polar surface area (TPSA) is 78.0 Å². The highest BCUT2D eigenvalue weighted by Gasteiger charge is 2.11. The fourth-order valence-corrected chi connectivity index (χ4v) is 2.10. The number of rotatable bonds is 2. The third-order valence-electron chi connectivity index (χ3n) is 2.87. The standard InChI is InChI=1S/C14H10ClN3O2/c15-9-3-1-2-8(6-9)14(20)16-13-11-5-4-10(19)7-12(11)17-18-13/h1-7,19H,(H2,16,17,18,20). The summed E-state index contributed by atoms with van der Waals surface area (Å²) in [6.45, 7) is 0. The van der Waals surface area contributed by atoms with E-state index in [0.29, 0.717) is 21.9 Å². The number of hydrogen-bond acceptors (Lipinski definition) is 3. The summed E-state index contributed by atoms with van der Waals surface area (Å²) in [5, 5.41) is 20.1. The van der Waals surface area contributed by atoms with Gasteiger partial charge in [0, 0.05) is 22.0 Å². The Morgan fingerprint density at radius 3 is 2.90 bits per heavy atom. The number of benzene rings is 2. The number of aromatic amines is 1. The van der Waals surface area contributed by atoms with Crippen LogP contribution in [-0.4, -0.2) is 21.2 Å². The fourth-order valence-electron chi connectivity index (χ4n) is 1.91. The van der Waals surface area contributed by atoms with E-state index in [1.807, 2.05) is 0 Å². The second-order valence-electron chi connectivity index (χ2n) is 4.27. The van der Waals surface area contributed by atoms with Crippen LogP contribution in [0.2, 0.25) is 5.02 Å². The third kappa shape index (κ3) is 2.31. The van der Waals surface area contributed by atoms with Gasteiger partial charge in [0.05, 0.1) is 5.52 Å². The molecule has 0 atom stereocenters. The Morgan fingerprint density at radius 2 is 2.10 bits per heavy atom. The number of amides is 1. The molecule has 2 aromatic carbocycles. The van der Waals surface area contributed by atoms with Gasteiger partial charge >= 0.3 is 0 Å². The van der Waals surface area contributed by atoms with E-state index in [2.05, 4.69) is 15.5 Å². The van der Waals surface area contributed by atoms with E-state index in [0.717, 1.165) is 5.39 Å². The summed E-state index contributed by atoms with van der Waals surface area (Å²) in [5.74, 6) is 0.243. The van der Waals surface area contributed by atoms with Crippen LogP contribution in [0.1, 0.15) is 10.4 Å². The SMILES string of the molecule is O=C(Nc1n[nH]c2cc(O)ccc12)c1cccc(Cl)c1. The quantitative estimate of drug-likeness (QED) is 0.677. The number of halogens is 1. The smallest absolute Gasteiger partial charge is 0.256 e. The first-order valence-corrected chi connectivity index (χ1v) is 6.25. The molecule has 20 heavy (non-hydrogen) atoms. The number of fused-ring (bicyclic) bond motifs is 1. The van der Waals surface area contributed by atoms with Crippen LogP contribution in [0.4, 0.5) is 5.82 Å². The largest absolute Gasteiger partial charge is 0.508 e. The van der Waals surface area contributed by atoms with Crippen molar-refractivity contribution in [3.8, 4) is 5.75 Å². The molecular formula is C14H10ClN3O2. The molecule has 0 spiro atoms. The molecular weight excluding hydrogens is 278 g/mol. The molecule has 0 radical (unpaired) electrons. The Hall–Kier alpha value is -2.53. The van der Waals surface area contributed by atoms with E-state index in [1.165, 1.54) is 12.1 Å². The summed E-state index contributed by atoms with van der Waals surface area (Å²) in [6, 6.07) is 11.4. The first-order valence-electron chi connectivity index (χ1n) is 5.87. The number of carbonyl (C=O) groups is 1. The molecule has 0 saturated carbocycles. The van der Waals surface area contributed by atoms with Crippen LogP contribution in [0.15, 0.2) is 42.5 Å². The normalized spacial score (nSPS) is 10.7. The minimum atomic E-state index is -0.297. The van der Waals surface area contributed by atoms with Gasteiger partial charge in [0.25, 0.3) is 5.91 Å². The van der Waals surface area contributed by atoms with Crippen molar-refractivity contribution in [2.24, 2.45) is 0 Å². The number of hydrogen-bond donors (Lipinski definition) is 3. The molecule has 6 heteroatoms. The molecule has 3 aromatic rings. The lowest BCUT2D eigenvalue weighted by atomic mass is 10.2. The summed E-state index contributed by atoms with van der Waals surface area (Å²) in [7, 11) is 0. The molecule has 1 amide bonds. The van der Waals surface area contributed by atoms with Crippen LogP contribution in [0, 0.1) is 0 Å². The van der Waals surface area contributed by atoms with Crippen molar-refractivity contribution < 1.29 is 9.90 Å². The van der Waals surface area contributed by atoms with Crippen molar-refractivity contribution in [3.63, 3.8) is 0 Å². The number of carbonyl (C=O) groups excluding carboxylic acids is 1. The van der Waals surface area contributed by atoms with Crippen LogP contribution in [0.25, 0.3) is 10.9 Å². The second kappa shape index (κ2) is 4.86. The number of nitrogens with one attached hydrogen (secondary N) is 2. The highest BCUT2D eigenvalue weighted by Crippen LogP contribution is 2.24. The van der Waals surface area contributed by atoms with Gasteiger partial charge < -0.3 is 10.4 Å². The van der Waals surface area contributed by atoms with Gasteiger partial charge in [0.2, 0.25) is 0 Å². The summed E-state index contributed by atoms with van der Waals surface area (Å²) in [6.07, 6.45) is 0. The van der Waals surface area contributed by atoms with Crippen LogP contribution in [-0.2, 0) is 0 Å². The molecule has 0 fully saturated rings. The Balaban J connectivity index is 1.91. The number of phenols is 1. The van der Waals surface area contributed by atoms with Crippen molar-refractivity contribution in [3.05, 3.63) is 53.1 Å². The molecule has 0 aliphatic carbocycles. The summed E-state index contributed by atoms with van der Waals surface area (Å²) < 4.78 is 0. The minimum absolute atomic E-state index is 0.133. The van der Waals surface area contributed by atoms with E-state index in [1.54, 1.807) is 30.3 Å². The minimum Gasteiger partial charge on any atom is -0.508 e. The number of aromatic nitrogens is 2. The molecule has 0 aliphatic heterocycles. The van der Waals surface area contributed by atoms with Crippen molar-refractivity contribution in [1.82, 2.24) is 10.2 Å². The average Bonchev–Trinajstić information content (AvgIpc) is 2.81. The zero-order chi connectivity index (χ0) is 14.1. The highest BCUT2D eigenvalue weighted by molar-refractivity contribution is 6.31. The highest BCUT2D eigenvalue weighted by atomic mass is 35.5. The molecule has 0 bridgehead atoms. The van der Waals surface area contributed by atoms with E-state index in [4.69, 9.17) is 11.6 Å². The maximum Gasteiger partial charge on any atom is 0.256 e. The maximum atomic E-state index is 12.1. The summed E-state index contributed by atoms with van der Waals surface area (Å²) >= 11 is 5.85. The maximum absolute atomic E-state index is 12.1. The molecule has 1 heterocycles. The lowest BCUT2D eigenvalue weighted by Gasteiger charge is -2.03. The van der Waals surface area contributed by atoms with E-state index in [-0.39, 0.29) is 11.7 Å². The number of nitrogens with zero attached hydrogens (tertiary/aromatic N) is 1. The van der Waals surface area contributed by atoms with Gasteiger partial charge in [-0.05, 0) is 30.3 Å². The van der Waals surface area contributed by atoms with Gasteiger partial charge in [-0.15, -0.1) is 0 Å². The molecule has 1 aromatic heterocycles. The number of aromatic hydroxyl groups is 1. The number of phenolic OH excluding ortho intramolecular Hbond substituents is 1. The van der Waals surface area contributed by atoms with Gasteiger partial charge in [-0.1, -0.05) is 17.7 Å². The summed E-state index contributed by atoms with van der Waals surface area (Å²) in [5.41, 5.74) is 1.10. The third-order valence-corrected chi connectivity index (χ3v) is 3.10. The van der Waals surface area contributed by atoms with E-state index in [9.17, 15) is 9.90 Å². The average molecular weight is 288 g/mol. The molecule has 100 valence electrons. The van der Waals surface area contributed by atoms with E-state index >= 15 is 0 Å². The van der Waals surface area contributed by atoms with Gasteiger partial charge in [-0.25, -0.2) is 0 Å². The van der Waals surface area contributed by atoms with Crippen LogP contribution in [0.3, 0.4) is 0 Å². The molecule has 0 unspecified atom stereocenters. The first kappa shape index (κ1) is 12.5. The van der Waals surface area contributed by atoms with Crippen molar-refractivity contribution in [2.45, 2.75) is 0 Å². The molecule has 3 N–H and O–H groups in total. The Bertz CT molecular complexity index is 798. The number of anilines is 1.